The summed E-state index contributed by atoms with van der Waals surface area (Å²) in [6, 6.07) is 9.56. The highest BCUT2D eigenvalue weighted by atomic mass is 32.2. The van der Waals surface area contributed by atoms with Crippen LogP contribution in [0.2, 0.25) is 0 Å². The molecule has 1 aliphatic rings. The molecule has 6 heteroatoms. The SMILES string of the molecule is O=C(O)c1cc(SCC(=O)N2CCc3ccccc32)cs1. The minimum absolute atomic E-state index is 0.0630. The third-order valence-electron chi connectivity index (χ3n) is 3.34. The van der Waals surface area contributed by atoms with E-state index in [4.69, 9.17) is 5.11 Å². The van der Waals surface area contributed by atoms with Gasteiger partial charge in [-0.1, -0.05) is 18.2 Å². The number of benzene rings is 1. The number of fused-ring (bicyclic) bond motifs is 1. The van der Waals surface area contributed by atoms with Gasteiger partial charge in [0.25, 0.3) is 0 Å². The molecule has 4 nitrogen and oxygen atoms in total. The lowest BCUT2D eigenvalue weighted by Crippen LogP contribution is -2.30. The number of aromatic carboxylic acids is 1. The molecule has 2 aromatic rings. The second kappa shape index (κ2) is 5.91. The number of carboxylic acid groups (broad SMARTS) is 1. The van der Waals surface area contributed by atoms with E-state index in [-0.39, 0.29) is 5.91 Å². The summed E-state index contributed by atoms with van der Waals surface area (Å²) in [4.78, 5) is 26.1. The molecule has 0 saturated heterocycles. The normalized spacial score (nSPS) is 13.2. The highest BCUT2D eigenvalue weighted by molar-refractivity contribution is 8.00. The predicted octanol–water partition coefficient (Wildman–Crippen LogP) is 3.13. The molecule has 1 amide bonds. The summed E-state index contributed by atoms with van der Waals surface area (Å²) in [7, 11) is 0. The van der Waals surface area contributed by atoms with Gasteiger partial charge in [0, 0.05) is 22.5 Å². The fourth-order valence-corrected chi connectivity index (χ4v) is 4.07. The van der Waals surface area contributed by atoms with Crippen LogP contribution in [0.5, 0.6) is 0 Å². The number of thioether (sulfide) groups is 1. The number of hydrogen-bond acceptors (Lipinski definition) is 4. The van der Waals surface area contributed by atoms with Gasteiger partial charge in [0.1, 0.15) is 4.88 Å². The molecule has 1 aromatic carbocycles. The number of carbonyl (C=O) groups excluding carboxylic acids is 1. The van der Waals surface area contributed by atoms with Gasteiger partial charge in [-0.3, -0.25) is 4.79 Å². The highest BCUT2D eigenvalue weighted by Crippen LogP contribution is 2.30. The Hall–Kier alpha value is -1.79. The highest BCUT2D eigenvalue weighted by Gasteiger charge is 2.24. The van der Waals surface area contributed by atoms with E-state index in [1.807, 2.05) is 29.2 Å². The van der Waals surface area contributed by atoms with Crippen LogP contribution in [0.1, 0.15) is 15.2 Å². The zero-order chi connectivity index (χ0) is 14.8. The molecule has 0 spiro atoms. The lowest BCUT2D eigenvalue weighted by molar-refractivity contribution is -0.116. The summed E-state index contributed by atoms with van der Waals surface area (Å²) < 4.78 is 0. The van der Waals surface area contributed by atoms with Crippen molar-refractivity contribution in [1.29, 1.82) is 0 Å². The van der Waals surface area contributed by atoms with Gasteiger partial charge in [0.15, 0.2) is 0 Å². The number of carboxylic acids is 1. The molecule has 0 radical (unpaired) electrons. The second-order valence-electron chi connectivity index (χ2n) is 4.66. The van der Waals surface area contributed by atoms with Gasteiger partial charge in [-0.25, -0.2) is 4.79 Å². The topological polar surface area (TPSA) is 57.6 Å². The van der Waals surface area contributed by atoms with E-state index in [1.54, 1.807) is 11.4 Å². The zero-order valence-corrected chi connectivity index (χ0v) is 12.7. The third kappa shape index (κ3) is 2.96. The van der Waals surface area contributed by atoms with Crippen LogP contribution in [0.3, 0.4) is 0 Å². The van der Waals surface area contributed by atoms with Crippen LogP contribution >= 0.6 is 23.1 Å². The van der Waals surface area contributed by atoms with Crippen LogP contribution in [-0.4, -0.2) is 29.3 Å². The molecule has 1 aromatic heterocycles. The van der Waals surface area contributed by atoms with Crippen LogP contribution < -0.4 is 4.90 Å². The van der Waals surface area contributed by atoms with Gasteiger partial charge < -0.3 is 10.0 Å². The molecule has 3 rings (SSSR count). The van der Waals surface area contributed by atoms with Crippen molar-refractivity contribution in [2.75, 3.05) is 17.2 Å². The average molecular weight is 319 g/mol. The first-order chi connectivity index (χ1) is 10.1. The van der Waals surface area contributed by atoms with Gasteiger partial charge in [0.05, 0.1) is 5.75 Å². The van der Waals surface area contributed by atoms with Crippen molar-refractivity contribution >= 4 is 40.7 Å². The second-order valence-corrected chi connectivity index (χ2v) is 6.62. The molecule has 0 unspecified atom stereocenters. The molecule has 21 heavy (non-hydrogen) atoms. The maximum atomic E-state index is 12.3. The maximum absolute atomic E-state index is 12.3. The number of nitrogens with zero attached hydrogens (tertiary/aromatic N) is 1. The van der Waals surface area contributed by atoms with Crippen molar-refractivity contribution in [3.63, 3.8) is 0 Å². The molecule has 108 valence electrons. The smallest absolute Gasteiger partial charge is 0.345 e. The Labute approximate surface area is 130 Å². The number of hydrogen-bond donors (Lipinski definition) is 1. The van der Waals surface area contributed by atoms with E-state index < -0.39 is 5.97 Å². The Morgan fingerprint density at radius 1 is 1.33 bits per heavy atom. The van der Waals surface area contributed by atoms with Gasteiger partial charge in [-0.15, -0.1) is 23.1 Å². The minimum Gasteiger partial charge on any atom is -0.477 e. The summed E-state index contributed by atoms with van der Waals surface area (Å²) in [5, 5.41) is 10.7. The molecule has 0 saturated carbocycles. The largest absolute Gasteiger partial charge is 0.477 e. The molecule has 0 bridgehead atoms. The van der Waals surface area contributed by atoms with Crippen molar-refractivity contribution < 1.29 is 14.7 Å². The molecular weight excluding hydrogens is 306 g/mol. The summed E-state index contributed by atoms with van der Waals surface area (Å²) in [5.74, 6) is -0.538. The van der Waals surface area contributed by atoms with Gasteiger partial charge in [0.2, 0.25) is 5.91 Å². The van der Waals surface area contributed by atoms with E-state index in [1.165, 1.54) is 28.7 Å². The quantitative estimate of drug-likeness (QED) is 0.880. The summed E-state index contributed by atoms with van der Waals surface area (Å²) in [6.45, 7) is 0.725. The van der Waals surface area contributed by atoms with E-state index in [0.29, 0.717) is 10.6 Å². The standard InChI is InChI=1S/C15H13NO3S2/c17-14(9-20-11-7-13(15(18)19)21-8-11)16-6-5-10-3-1-2-4-12(10)16/h1-4,7-8H,5-6,9H2,(H,18,19). The number of anilines is 1. The molecule has 2 heterocycles. The van der Waals surface area contributed by atoms with E-state index in [0.717, 1.165) is 23.5 Å². The number of amides is 1. The summed E-state index contributed by atoms with van der Waals surface area (Å²) in [5.41, 5.74) is 2.21. The number of carbonyl (C=O) groups is 2. The molecule has 0 aliphatic carbocycles. The lowest BCUT2D eigenvalue weighted by Gasteiger charge is -2.16. The Morgan fingerprint density at radius 2 is 2.14 bits per heavy atom. The van der Waals surface area contributed by atoms with Crippen LogP contribution in [0.25, 0.3) is 0 Å². The van der Waals surface area contributed by atoms with Gasteiger partial charge in [-0.2, -0.15) is 0 Å². The van der Waals surface area contributed by atoms with Crippen molar-refractivity contribution in [2.24, 2.45) is 0 Å². The number of rotatable bonds is 4. The summed E-state index contributed by atoms with van der Waals surface area (Å²) >= 11 is 2.57. The van der Waals surface area contributed by atoms with Crippen molar-refractivity contribution in [3.8, 4) is 0 Å². The molecule has 0 fully saturated rings. The first kappa shape index (κ1) is 14.2. The first-order valence-corrected chi connectivity index (χ1v) is 8.34. The van der Waals surface area contributed by atoms with E-state index in [2.05, 4.69) is 0 Å². The fourth-order valence-electron chi connectivity index (χ4n) is 2.33. The molecule has 1 aliphatic heterocycles. The Bertz CT molecular complexity index is 696. The fraction of sp³-hybridized carbons (Fsp3) is 0.200. The molecule has 0 atom stereocenters. The van der Waals surface area contributed by atoms with Crippen molar-refractivity contribution in [1.82, 2.24) is 0 Å². The number of para-hydroxylation sites is 1. The average Bonchev–Trinajstić information content (AvgIpc) is 3.11. The Kier molecular flexibility index (Phi) is 3.98. The molecular formula is C15H13NO3S2. The minimum atomic E-state index is -0.924. The zero-order valence-electron chi connectivity index (χ0n) is 11.1. The Morgan fingerprint density at radius 3 is 2.90 bits per heavy atom. The van der Waals surface area contributed by atoms with Crippen molar-refractivity contribution in [3.05, 3.63) is 46.2 Å². The Balaban J connectivity index is 1.63. The maximum Gasteiger partial charge on any atom is 0.345 e. The van der Waals surface area contributed by atoms with E-state index >= 15 is 0 Å². The van der Waals surface area contributed by atoms with Crippen molar-refractivity contribution in [2.45, 2.75) is 11.3 Å². The number of thiophene rings is 1. The lowest BCUT2D eigenvalue weighted by atomic mass is 10.2. The van der Waals surface area contributed by atoms with Crippen LogP contribution in [0.4, 0.5) is 5.69 Å². The first-order valence-electron chi connectivity index (χ1n) is 6.48. The summed E-state index contributed by atoms with van der Waals surface area (Å²) in [6.07, 6.45) is 0.897. The van der Waals surface area contributed by atoms with Crippen LogP contribution in [0.15, 0.2) is 40.6 Å². The molecule has 1 N–H and O–H groups in total. The van der Waals surface area contributed by atoms with Gasteiger partial charge in [-0.05, 0) is 24.1 Å². The van der Waals surface area contributed by atoms with Crippen LogP contribution in [0, 0.1) is 0 Å². The van der Waals surface area contributed by atoms with Crippen LogP contribution in [-0.2, 0) is 11.2 Å². The third-order valence-corrected chi connectivity index (χ3v) is 5.36. The predicted molar refractivity (Wildman–Crippen MR) is 84.5 cm³/mol. The van der Waals surface area contributed by atoms with Gasteiger partial charge >= 0.3 is 5.97 Å². The monoisotopic (exact) mass is 319 g/mol. The van der Waals surface area contributed by atoms with E-state index in [9.17, 15) is 9.59 Å².